The monoisotopic (exact) mass is 215 g/mol. The molecular weight excluding hydrogens is 193 g/mol. The van der Waals surface area contributed by atoms with Crippen molar-refractivity contribution in [2.45, 2.75) is 46.5 Å². The molecule has 0 aliphatic heterocycles. The zero-order valence-electron chi connectivity index (χ0n) is 9.87. The molecule has 0 aromatic heterocycles. The lowest BCUT2D eigenvalue weighted by molar-refractivity contribution is -0.114. The molecule has 1 N–H and O–H groups in total. The van der Waals surface area contributed by atoms with Gasteiger partial charge in [-0.15, -0.1) is 0 Å². The van der Waals surface area contributed by atoms with Gasteiger partial charge in [-0.2, -0.15) is 0 Å². The van der Waals surface area contributed by atoms with Crippen molar-refractivity contribution >= 4 is 24.2 Å². The van der Waals surface area contributed by atoms with Crippen LogP contribution in [0.5, 0.6) is 0 Å². The van der Waals surface area contributed by atoms with Gasteiger partial charge in [0.1, 0.15) is 5.68 Å². The molecule has 0 saturated heterocycles. The zero-order valence-corrected chi connectivity index (χ0v) is 10.8. The van der Waals surface area contributed by atoms with Crippen molar-refractivity contribution in [2.24, 2.45) is 5.92 Å². The number of hydrogen-bond donors (Lipinski definition) is 2. The number of hydrogen-bond acceptors (Lipinski definition) is 3. The van der Waals surface area contributed by atoms with E-state index in [1.807, 2.05) is 13.8 Å². The second-order valence-electron chi connectivity index (χ2n) is 4.54. The summed E-state index contributed by atoms with van der Waals surface area (Å²) in [5.41, 5.74) is 0.242. The number of carbonyl (C=O) groups excluding carboxylic acids is 1. The van der Waals surface area contributed by atoms with Gasteiger partial charge in [0.15, 0.2) is 0 Å². The zero-order chi connectivity index (χ0) is 11.3. The average Bonchev–Trinajstić information content (AvgIpc) is 2.11. The van der Waals surface area contributed by atoms with E-state index in [-0.39, 0.29) is 23.4 Å². The minimum Gasteiger partial charge on any atom is -0.315 e. The Labute approximate surface area is 93.6 Å². The first-order valence-electron chi connectivity index (χ1n) is 5.31. The summed E-state index contributed by atoms with van der Waals surface area (Å²) in [6, 6.07) is 0.465. The Balaban J connectivity index is 3.98. The smallest absolute Gasteiger partial charge is 0.288 e. The Hall–Kier alpha value is 0.0449. The molecule has 0 aromatic carbocycles. The van der Waals surface area contributed by atoms with Gasteiger partial charge in [0.25, 0.3) is 5.99 Å². The lowest BCUT2D eigenvalue weighted by atomic mass is 9.57. The van der Waals surface area contributed by atoms with Crippen LogP contribution in [0, 0.1) is 5.92 Å². The Kier molecular flexibility index (Phi) is 6.54. The van der Waals surface area contributed by atoms with E-state index in [0.29, 0.717) is 6.04 Å². The van der Waals surface area contributed by atoms with Crippen molar-refractivity contribution in [2.75, 3.05) is 6.54 Å². The SMILES string of the molecule is CC(C)NCC(C)B(S)C(=O)C(C)C. The highest BCUT2D eigenvalue weighted by Gasteiger charge is 2.27. The Morgan fingerprint density at radius 3 is 2.14 bits per heavy atom. The number of thiol groups is 1. The van der Waals surface area contributed by atoms with Crippen LogP contribution in [0.15, 0.2) is 0 Å². The molecule has 0 heterocycles. The summed E-state index contributed by atoms with van der Waals surface area (Å²) in [4.78, 5) is 11.6. The first kappa shape index (κ1) is 14.0. The molecule has 0 aromatic rings. The van der Waals surface area contributed by atoms with Crippen molar-refractivity contribution in [1.82, 2.24) is 5.32 Å². The molecule has 0 fully saturated rings. The van der Waals surface area contributed by atoms with Crippen LogP contribution in [-0.2, 0) is 4.79 Å². The third-order valence-corrected chi connectivity index (χ3v) is 3.01. The minimum absolute atomic E-state index is 0.0824. The summed E-state index contributed by atoms with van der Waals surface area (Å²) in [6.07, 6.45) is 0. The lowest BCUT2D eigenvalue weighted by Crippen LogP contribution is -2.36. The number of carbonyl (C=O) groups is 1. The predicted molar refractivity (Wildman–Crippen MR) is 67.1 cm³/mol. The molecule has 0 spiro atoms. The Morgan fingerprint density at radius 1 is 1.29 bits per heavy atom. The molecular formula is C10H22BNOS. The van der Waals surface area contributed by atoms with E-state index < -0.39 is 0 Å². The van der Waals surface area contributed by atoms with Gasteiger partial charge < -0.3 is 10.1 Å². The molecule has 0 amide bonds. The highest BCUT2D eigenvalue weighted by molar-refractivity contribution is 8.14. The molecule has 0 aliphatic rings. The van der Waals surface area contributed by atoms with Crippen LogP contribution in [0.25, 0.3) is 0 Å². The third kappa shape index (κ3) is 5.06. The third-order valence-electron chi connectivity index (χ3n) is 2.25. The quantitative estimate of drug-likeness (QED) is 0.524. The van der Waals surface area contributed by atoms with Crippen LogP contribution < -0.4 is 5.32 Å². The first-order valence-corrected chi connectivity index (χ1v) is 5.83. The summed E-state index contributed by atoms with van der Waals surface area (Å²) >= 11 is 4.37. The molecule has 0 saturated carbocycles. The predicted octanol–water partition coefficient (Wildman–Crippen LogP) is 2.06. The van der Waals surface area contributed by atoms with Crippen LogP contribution in [0.3, 0.4) is 0 Å². The summed E-state index contributed by atoms with van der Waals surface area (Å²) in [5, 5.41) is 3.32. The molecule has 14 heavy (non-hydrogen) atoms. The van der Waals surface area contributed by atoms with Gasteiger partial charge in [0, 0.05) is 12.0 Å². The van der Waals surface area contributed by atoms with E-state index in [0.717, 1.165) is 6.54 Å². The maximum atomic E-state index is 11.6. The normalized spacial score (nSPS) is 13.4. The van der Waals surface area contributed by atoms with Crippen LogP contribution >= 0.6 is 12.5 Å². The highest BCUT2D eigenvalue weighted by Crippen LogP contribution is 2.15. The van der Waals surface area contributed by atoms with Crippen molar-refractivity contribution < 1.29 is 4.79 Å². The topological polar surface area (TPSA) is 29.1 Å². The van der Waals surface area contributed by atoms with Crippen molar-refractivity contribution in [3.05, 3.63) is 0 Å². The van der Waals surface area contributed by atoms with E-state index in [2.05, 4.69) is 38.6 Å². The Morgan fingerprint density at radius 2 is 1.79 bits per heavy atom. The van der Waals surface area contributed by atoms with Crippen molar-refractivity contribution in [3.8, 4) is 0 Å². The summed E-state index contributed by atoms with van der Waals surface area (Å²) in [7, 11) is 0. The fourth-order valence-corrected chi connectivity index (χ4v) is 1.56. The van der Waals surface area contributed by atoms with Gasteiger partial charge in [-0.3, -0.25) is 0 Å². The molecule has 0 radical (unpaired) electrons. The van der Waals surface area contributed by atoms with Gasteiger partial charge in [0.05, 0.1) is 0 Å². The first-order chi connectivity index (χ1) is 6.36. The summed E-state index contributed by atoms with van der Waals surface area (Å²) in [6.45, 7) is 11.0. The molecule has 1 unspecified atom stereocenters. The Bertz CT molecular complexity index is 185. The van der Waals surface area contributed by atoms with Crippen LogP contribution in [0.2, 0.25) is 5.82 Å². The number of nitrogens with one attached hydrogen (secondary N) is 1. The molecule has 2 nitrogen and oxygen atoms in total. The second-order valence-corrected chi connectivity index (χ2v) is 5.10. The van der Waals surface area contributed by atoms with Gasteiger partial charge >= 0.3 is 0 Å². The maximum Gasteiger partial charge on any atom is 0.288 e. The highest BCUT2D eigenvalue weighted by atomic mass is 32.1. The van der Waals surface area contributed by atoms with E-state index in [9.17, 15) is 4.79 Å². The number of rotatable bonds is 6. The molecule has 82 valence electrons. The van der Waals surface area contributed by atoms with Gasteiger partial charge in [-0.1, -0.05) is 34.6 Å². The second kappa shape index (κ2) is 6.51. The van der Waals surface area contributed by atoms with Crippen LogP contribution in [0.1, 0.15) is 34.6 Å². The standard InChI is InChI=1S/C10H22BNOS/c1-7(2)10(13)11(14)9(5)6-12-8(3)4/h7-9,12,14H,6H2,1-5H3. The van der Waals surface area contributed by atoms with Crippen molar-refractivity contribution in [3.63, 3.8) is 0 Å². The van der Waals surface area contributed by atoms with Gasteiger partial charge in [-0.25, -0.2) is 12.5 Å². The van der Waals surface area contributed by atoms with E-state index in [1.54, 1.807) is 0 Å². The molecule has 0 bridgehead atoms. The minimum atomic E-state index is -0.138. The van der Waals surface area contributed by atoms with Crippen molar-refractivity contribution in [1.29, 1.82) is 0 Å². The fraction of sp³-hybridized carbons (Fsp3) is 0.900. The summed E-state index contributed by atoms with van der Waals surface area (Å²) in [5.74, 6) is 0.232. The lowest BCUT2D eigenvalue weighted by Gasteiger charge is -2.18. The molecule has 4 heteroatoms. The fourth-order valence-electron chi connectivity index (χ4n) is 1.16. The van der Waals surface area contributed by atoms with E-state index >= 15 is 0 Å². The average molecular weight is 215 g/mol. The maximum absolute atomic E-state index is 11.6. The largest absolute Gasteiger partial charge is 0.315 e. The van der Waals surface area contributed by atoms with Crippen LogP contribution in [0.4, 0.5) is 0 Å². The van der Waals surface area contributed by atoms with E-state index in [1.165, 1.54) is 0 Å². The van der Waals surface area contributed by atoms with Gasteiger partial charge in [0.2, 0.25) is 0 Å². The van der Waals surface area contributed by atoms with E-state index in [4.69, 9.17) is 0 Å². The van der Waals surface area contributed by atoms with Crippen LogP contribution in [-0.4, -0.2) is 24.3 Å². The van der Waals surface area contributed by atoms with Gasteiger partial charge in [-0.05, 0) is 12.4 Å². The molecule has 0 aliphatic carbocycles. The molecule has 0 rings (SSSR count). The molecule has 1 atom stereocenters. The summed E-state index contributed by atoms with van der Waals surface area (Å²) < 4.78 is 0.